The van der Waals surface area contributed by atoms with Gasteiger partial charge in [-0.3, -0.25) is 0 Å². The van der Waals surface area contributed by atoms with E-state index in [1.165, 1.54) is 55.8 Å². The van der Waals surface area contributed by atoms with E-state index >= 15 is 0 Å². The van der Waals surface area contributed by atoms with E-state index < -0.39 is 0 Å². The minimum absolute atomic E-state index is 0.00832. The fraction of sp³-hybridized carbons (Fsp3) is 0.200. The van der Waals surface area contributed by atoms with Crippen LogP contribution >= 0.6 is 0 Å². The summed E-state index contributed by atoms with van der Waals surface area (Å²) in [5, 5.41) is 4.53. The lowest BCUT2D eigenvalue weighted by Crippen LogP contribution is -2.61. The smallest absolute Gasteiger partial charge is 0.252 e. The van der Waals surface area contributed by atoms with Gasteiger partial charge < -0.3 is 18.6 Å². The largest absolute Gasteiger partial charge is 0.456 e. The molecule has 5 heteroatoms. The Morgan fingerprint density at radius 1 is 0.354 bits per heavy atom. The molecule has 2 aliphatic rings. The van der Waals surface area contributed by atoms with E-state index in [0.29, 0.717) is 0 Å². The summed E-state index contributed by atoms with van der Waals surface area (Å²) in [4.78, 5) is 5.08. The van der Waals surface area contributed by atoms with Crippen molar-refractivity contribution in [1.82, 2.24) is 0 Å². The van der Waals surface area contributed by atoms with Gasteiger partial charge in [0.15, 0.2) is 0 Å². The van der Waals surface area contributed by atoms with Crippen molar-refractivity contribution in [2.45, 2.75) is 78.6 Å². The predicted octanol–water partition coefficient (Wildman–Crippen LogP) is 15.1. The highest BCUT2D eigenvalue weighted by Crippen LogP contribution is 2.48. The molecule has 0 saturated heterocycles. The summed E-state index contributed by atoms with van der Waals surface area (Å²) in [7, 11) is 0. The maximum atomic E-state index is 6.59. The molecular weight excluding hydrogens is 791 g/mol. The molecule has 0 atom stereocenters. The lowest BCUT2D eigenvalue weighted by molar-refractivity contribution is 0.590. The molecule has 0 N–H and O–H groups in total. The zero-order valence-electron chi connectivity index (χ0n) is 38.8. The normalized spacial score (nSPS) is 13.8. The fourth-order valence-corrected chi connectivity index (χ4v) is 10.5. The molecule has 0 unspecified atom stereocenters. The first-order chi connectivity index (χ1) is 31.1. The third kappa shape index (κ3) is 6.19. The zero-order chi connectivity index (χ0) is 44.7. The van der Waals surface area contributed by atoms with Crippen molar-refractivity contribution in [2.75, 3.05) is 9.80 Å². The first-order valence-electron chi connectivity index (χ1n) is 23.1. The standard InChI is InChI=1S/C60H53BN2O2/c1-58(2,3)38-22-26-49-47(31-38)61-48-32-39(59(4,5)6)23-27-50(48)63(42-24-25-45-43-17-10-12-19-53(43)65-56(45)35-42)52-34-40(60(7,8)9)33-51(57(52)61)62(49)41-16-14-15-36(29-41)37-21-28-55-46(30-37)44-18-11-13-20-54(44)64-55/h10-35H,1-9H3. The Morgan fingerprint density at radius 2 is 0.862 bits per heavy atom. The van der Waals surface area contributed by atoms with Gasteiger partial charge in [0.1, 0.15) is 22.3 Å². The van der Waals surface area contributed by atoms with Gasteiger partial charge in [-0.2, -0.15) is 0 Å². The number of anilines is 6. The van der Waals surface area contributed by atoms with Crippen LogP contribution in [-0.2, 0) is 16.2 Å². The summed E-state index contributed by atoms with van der Waals surface area (Å²) in [5.41, 5.74) is 20.6. The number of rotatable bonds is 3. The molecule has 8 aromatic carbocycles. The highest BCUT2D eigenvalue weighted by atomic mass is 16.3. The van der Waals surface area contributed by atoms with Gasteiger partial charge in [0.2, 0.25) is 0 Å². The Labute approximate surface area is 382 Å². The highest BCUT2D eigenvalue weighted by molar-refractivity contribution is 7.00. The topological polar surface area (TPSA) is 32.8 Å². The van der Waals surface area contributed by atoms with Gasteiger partial charge in [-0.15, -0.1) is 0 Å². The Hall–Kier alpha value is -6.98. The molecule has 12 rings (SSSR count). The van der Waals surface area contributed by atoms with E-state index in [0.717, 1.165) is 66.4 Å². The number of fused-ring (bicyclic) bond motifs is 10. The van der Waals surface area contributed by atoms with Crippen LogP contribution in [0.3, 0.4) is 0 Å². The molecule has 0 aliphatic carbocycles. The number of para-hydroxylation sites is 2. The zero-order valence-corrected chi connectivity index (χ0v) is 38.8. The van der Waals surface area contributed by atoms with Crippen molar-refractivity contribution in [1.29, 1.82) is 0 Å². The van der Waals surface area contributed by atoms with Crippen LogP contribution in [0.5, 0.6) is 0 Å². The third-order valence-corrected chi connectivity index (χ3v) is 14.1. The molecule has 318 valence electrons. The van der Waals surface area contributed by atoms with Gasteiger partial charge in [0, 0.05) is 61.7 Å². The van der Waals surface area contributed by atoms with E-state index in [2.05, 4.69) is 218 Å². The number of nitrogens with zero attached hydrogens (tertiary/aromatic N) is 2. The summed E-state index contributed by atoms with van der Waals surface area (Å²) in [6.45, 7) is 21.0. The van der Waals surface area contributed by atoms with Gasteiger partial charge in [-0.25, -0.2) is 0 Å². The van der Waals surface area contributed by atoms with E-state index in [9.17, 15) is 0 Å². The van der Waals surface area contributed by atoms with Crippen molar-refractivity contribution in [3.8, 4) is 11.1 Å². The first-order valence-corrected chi connectivity index (χ1v) is 23.1. The molecule has 2 aliphatic heterocycles. The van der Waals surface area contributed by atoms with Crippen molar-refractivity contribution in [3.63, 3.8) is 0 Å². The average molecular weight is 845 g/mol. The van der Waals surface area contributed by atoms with Crippen LogP contribution in [0.1, 0.15) is 79.0 Å². The lowest BCUT2D eigenvalue weighted by Gasteiger charge is -2.45. The quantitative estimate of drug-likeness (QED) is 0.166. The number of hydrogen-bond donors (Lipinski definition) is 0. The Balaban J connectivity index is 1.15. The molecular formula is C60H53BN2O2. The van der Waals surface area contributed by atoms with Gasteiger partial charge in [0.05, 0.1) is 0 Å². The minimum Gasteiger partial charge on any atom is -0.456 e. The van der Waals surface area contributed by atoms with Crippen LogP contribution in [0.4, 0.5) is 34.1 Å². The van der Waals surface area contributed by atoms with E-state index in [1.807, 2.05) is 12.1 Å². The second-order valence-corrected chi connectivity index (χ2v) is 21.5. The molecule has 0 radical (unpaired) electrons. The molecule has 0 saturated carbocycles. The highest BCUT2D eigenvalue weighted by Gasteiger charge is 2.45. The van der Waals surface area contributed by atoms with Crippen LogP contribution < -0.4 is 26.2 Å². The number of benzene rings is 8. The fourth-order valence-electron chi connectivity index (χ4n) is 10.5. The maximum absolute atomic E-state index is 6.59. The molecule has 0 fully saturated rings. The second kappa shape index (κ2) is 13.8. The Bertz CT molecular complexity index is 3590. The van der Waals surface area contributed by atoms with Gasteiger partial charge in [-0.05, 0) is 133 Å². The number of furan rings is 2. The predicted molar refractivity (Wildman–Crippen MR) is 277 cm³/mol. The molecule has 10 aromatic rings. The minimum atomic E-state index is -0.140. The van der Waals surface area contributed by atoms with Crippen LogP contribution in [0, 0.1) is 0 Å². The van der Waals surface area contributed by atoms with E-state index in [-0.39, 0.29) is 23.0 Å². The monoisotopic (exact) mass is 844 g/mol. The van der Waals surface area contributed by atoms with Crippen LogP contribution in [-0.4, -0.2) is 6.71 Å². The first kappa shape index (κ1) is 39.6. The SMILES string of the molecule is CC(C)(C)c1ccc2c(c1)B1c3cc(C(C)(C)C)ccc3N(c3ccc4c(c3)oc3ccccc34)c3cc(C(C)(C)C)cc(c31)N2c1cccc(-c2ccc3oc4ccccc4c3c2)c1. The summed E-state index contributed by atoms with van der Waals surface area (Å²) in [6.07, 6.45) is 0. The Morgan fingerprint density at radius 3 is 1.46 bits per heavy atom. The van der Waals surface area contributed by atoms with E-state index in [1.54, 1.807) is 0 Å². The van der Waals surface area contributed by atoms with Crippen LogP contribution in [0.2, 0.25) is 0 Å². The van der Waals surface area contributed by atoms with Crippen LogP contribution in [0.15, 0.2) is 167 Å². The summed E-state index contributed by atoms with van der Waals surface area (Å²) in [5.74, 6) is 0. The molecule has 2 aromatic heterocycles. The Kier molecular flexibility index (Phi) is 8.39. The summed E-state index contributed by atoms with van der Waals surface area (Å²) < 4.78 is 12.9. The van der Waals surface area contributed by atoms with Gasteiger partial charge in [-0.1, -0.05) is 141 Å². The molecule has 0 spiro atoms. The molecule has 4 heterocycles. The van der Waals surface area contributed by atoms with E-state index in [4.69, 9.17) is 8.83 Å². The van der Waals surface area contributed by atoms with Crippen LogP contribution in [0.25, 0.3) is 55.0 Å². The summed E-state index contributed by atoms with van der Waals surface area (Å²) in [6, 6.07) is 58.7. The van der Waals surface area contributed by atoms with Crippen molar-refractivity contribution < 1.29 is 8.83 Å². The molecule has 4 nitrogen and oxygen atoms in total. The van der Waals surface area contributed by atoms with Crippen molar-refractivity contribution in [2.24, 2.45) is 0 Å². The average Bonchev–Trinajstić information content (AvgIpc) is 3.85. The van der Waals surface area contributed by atoms with Gasteiger partial charge in [0.25, 0.3) is 6.71 Å². The third-order valence-electron chi connectivity index (χ3n) is 14.1. The second-order valence-electron chi connectivity index (χ2n) is 21.5. The molecule has 0 amide bonds. The number of hydrogen-bond acceptors (Lipinski definition) is 4. The maximum Gasteiger partial charge on any atom is 0.252 e. The molecule has 0 bridgehead atoms. The summed E-state index contributed by atoms with van der Waals surface area (Å²) >= 11 is 0. The van der Waals surface area contributed by atoms with Crippen molar-refractivity contribution in [3.05, 3.63) is 174 Å². The van der Waals surface area contributed by atoms with Crippen molar-refractivity contribution >= 4 is 101 Å². The molecule has 65 heavy (non-hydrogen) atoms. The van der Waals surface area contributed by atoms with Gasteiger partial charge >= 0.3 is 0 Å². The lowest BCUT2D eigenvalue weighted by atomic mass is 9.33.